The minimum atomic E-state index is 0.139. The fourth-order valence-corrected chi connectivity index (χ4v) is 3.17. The highest BCUT2D eigenvalue weighted by atomic mass is 32.1. The minimum Gasteiger partial charge on any atom is -0.366 e. The lowest BCUT2D eigenvalue weighted by atomic mass is 9.99. The average molecular weight is 326 g/mol. The molecule has 1 saturated heterocycles. The Morgan fingerprint density at radius 3 is 3.09 bits per heavy atom. The monoisotopic (exact) mass is 326 g/mol. The quantitative estimate of drug-likeness (QED) is 0.855. The topological polar surface area (TPSA) is 65.1 Å². The zero-order chi connectivity index (χ0) is 16.2. The molecular weight excluding hydrogens is 308 g/mol. The predicted octanol–water partition coefficient (Wildman–Crippen LogP) is 3.24. The lowest BCUT2D eigenvalue weighted by Crippen LogP contribution is -2.43. The van der Waals surface area contributed by atoms with Crippen LogP contribution in [0.3, 0.4) is 0 Å². The lowest BCUT2D eigenvalue weighted by molar-refractivity contribution is 0.231. The largest absolute Gasteiger partial charge is 0.366 e. The maximum atomic E-state index is 9.02. The van der Waals surface area contributed by atoms with Gasteiger partial charge in [-0.15, -0.1) is 0 Å². The van der Waals surface area contributed by atoms with Crippen LogP contribution in [0.1, 0.15) is 36.6 Å². The number of thiocarbonyl (C=S) groups is 1. The summed E-state index contributed by atoms with van der Waals surface area (Å²) in [7, 11) is 1.84. The Morgan fingerprint density at radius 1 is 1.43 bits per heavy atom. The van der Waals surface area contributed by atoms with Gasteiger partial charge in [0, 0.05) is 25.2 Å². The highest BCUT2D eigenvalue weighted by Gasteiger charge is 2.28. The first-order valence-corrected chi connectivity index (χ1v) is 8.09. The van der Waals surface area contributed by atoms with Crippen LogP contribution < -0.4 is 5.32 Å². The van der Waals surface area contributed by atoms with E-state index in [9.17, 15) is 0 Å². The Labute approximate surface area is 140 Å². The number of piperidine rings is 1. The molecule has 6 heteroatoms. The Kier molecular flexibility index (Phi) is 4.58. The van der Waals surface area contributed by atoms with Gasteiger partial charge in [-0.1, -0.05) is 17.3 Å². The second-order valence-corrected chi connectivity index (χ2v) is 5.96. The average Bonchev–Trinajstić information content (AvgIpc) is 3.11. The molecule has 0 aliphatic carbocycles. The fourth-order valence-electron chi connectivity index (χ4n) is 2.95. The minimum absolute atomic E-state index is 0.139. The molecule has 0 saturated carbocycles. The molecule has 0 radical (unpaired) electrons. The molecule has 0 spiro atoms. The van der Waals surface area contributed by atoms with Crippen LogP contribution >= 0.6 is 12.2 Å². The van der Waals surface area contributed by atoms with Crippen molar-refractivity contribution in [2.75, 3.05) is 13.6 Å². The smallest absolute Gasteiger partial charge is 0.169 e. The van der Waals surface area contributed by atoms with E-state index in [1.165, 1.54) is 0 Å². The Hall–Kier alpha value is -2.39. The van der Waals surface area contributed by atoms with Gasteiger partial charge in [0.1, 0.15) is 5.69 Å². The van der Waals surface area contributed by atoms with E-state index in [0.717, 1.165) is 42.2 Å². The van der Waals surface area contributed by atoms with E-state index in [4.69, 9.17) is 22.0 Å². The van der Waals surface area contributed by atoms with Crippen molar-refractivity contribution in [3.05, 3.63) is 41.6 Å². The van der Waals surface area contributed by atoms with Crippen molar-refractivity contribution in [2.24, 2.45) is 0 Å². The third kappa shape index (κ3) is 3.20. The summed E-state index contributed by atoms with van der Waals surface area (Å²) in [6, 6.07) is 11.6. The van der Waals surface area contributed by atoms with Crippen LogP contribution in [0.5, 0.6) is 0 Å². The summed E-state index contributed by atoms with van der Waals surface area (Å²) < 4.78 is 5.52. The number of rotatable bonds is 2. The molecule has 0 amide bonds. The maximum Gasteiger partial charge on any atom is 0.169 e. The van der Waals surface area contributed by atoms with Crippen LogP contribution in [0, 0.1) is 11.3 Å². The predicted molar refractivity (Wildman–Crippen MR) is 91.6 cm³/mol. The number of nitriles is 1. The number of hydrogen-bond donors (Lipinski definition) is 1. The van der Waals surface area contributed by atoms with Crippen LogP contribution in [0.25, 0.3) is 11.3 Å². The summed E-state index contributed by atoms with van der Waals surface area (Å²) in [5.41, 5.74) is 2.36. The highest BCUT2D eigenvalue weighted by Crippen LogP contribution is 2.32. The van der Waals surface area contributed by atoms with E-state index in [2.05, 4.69) is 21.4 Å². The Bertz CT molecular complexity index is 749. The van der Waals surface area contributed by atoms with Crippen LogP contribution in [-0.2, 0) is 0 Å². The fraction of sp³-hybridized carbons (Fsp3) is 0.353. The van der Waals surface area contributed by atoms with Crippen molar-refractivity contribution in [1.29, 1.82) is 5.26 Å². The second kappa shape index (κ2) is 6.80. The molecule has 1 aromatic carbocycles. The molecule has 1 atom stereocenters. The number of likely N-dealkylation sites (tertiary alicyclic amines) is 1. The number of nitrogens with one attached hydrogen (secondary N) is 1. The molecule has 2 heterocycles. The van der Waals surface area contributed by atoms with E-state index in [0.29, 0.717) is 11.3 Å². The van der Waals surface area contributed by atoms with Crippen LogP contribution in [-0.4, -0.2) is 28.8 Å². The van der Waals surface area contributed by atoms with E-state index >= 15 is 0 Å². The van der Waals surface area contributed by atoms with Gasteiger partial charge in [0.25, 0.3) is 0 Å². The molecule has 0 unspecified atom stereocenters. The van der Waals surface area contributed by atoms with Gasteiger partial charge in [-0.3, -0.25) is 0 Å². The molecule has 1 aliphatic rings. The van der Waals surface area contributed by atoms with Crippen molar-refractivity contribution < 1.29 is 4.52 Å². The van der Waals surface area contributed by atoms with Crippen molar-refractivity contribution >= 4 is 17.3 Å². The first-order chi connectivity index (χ1) is 11.2. The molecule has 23 heavy (non-hydrogen) atoms. The van der Waals surface area contributed by atoms with Gasteiger partial charge in [-0.05, 0) is 43.6 Å². The second-order valence-electron chi connectivity index (χ2n) is 5.57. The zero-order valence-corrected chi connectivity index (χ0v) is 13.8. The van der Waals surface area contributed by atoms with Crippen LogP contribution in [0.4, 0.5) is 0 Å². The normalized spacial score (nSPS) is 17.6. The summed E-state index contributed by atoms with van der Waals surface area (Å²) in [6.07, 6.45) is 3.29. The number of aromatic nitrogens is 1. The summed E-state index contributed by atoms with van der Waals surface area (Å²) in [6.45, 7) is 0.927. The van der Waals surface area contributed by atoms with Gasteiger partial charge in [0.15, 0.2) is 10.9 Å². The Morgan fingerprint density at radius 2 is 2.30 bits per heavy atom. The lowest BCUT2D eigenvalue weighted by Gasteiger charge is -2.36. The van der Waals surface area contributed by atoms with Gasteiger partial charge in [0.05, 0.1) is 17.7 Å². The number of nitrogens with zero attached hydrogens (tertiary/aromatic N) is 3. The SMILES string of the molecule is CNC(=S)N1CCCC[C@@H]1c1cc(-c2cccc(C#N)c2)on1. The molecule has 0 bridgehead atoms. The molecule has 3 rings (SSSR count). The van der Waals surface area contributed by atoms with Gasteiger partial charge in [-0.2, -0.15) is 5.26 Å². The van der Waals surface area contributed by atoms with Crippen molar-refractivity contribution in [3.63, 3.8) is 0 Å². The standard InChI is InChI=1S/C17H18N4OS/c1-19-17(23)21-8-3-2-7-15(21)14-10-16(22-20-14)13-6-4-5-12(9-13)11-18/h4-6,9-10,15H,2-3,7-8H2,1H3,(H,19,23)/t15-/m1/s1. The maximum absolute atomic E-state index is 9.02. The van der Waals surface area contributed by atoms with Gasteiger partial charge in [0.2, 0.25) is 0 Å². The van der Waals surface area contributed by atoms with Crippen molar-refractivity contribution in [3.8, 4) is 17.4 Å². The number of hydrogen-bond acceptors (Lipinski definition) is 4. The first-order valence-electron chi connectivity index (χ1n) is 7.68. The van der Waals surface area contributed by atoms with Crippen molar-refractivity contribution in [1.82, 2.24) is 15.4 Å². The van der Waals surface area contributed by atoms with Crippen molar-refractivity contribution in [2.45, 2.75) is 25.3 Å². The van der Waals surface area contributed by atoms with E-state index in [1.807, 2.05) is 25.2 Å². The summed E-state index contributed by atoms with van der Waals surface area (Å²) in [5.74, 6) is 0.679. The molecular formula is C17H18N4OS. The molecule has 1 aliphatic heterocycles. The summed E-state index contributed by atoms with van der Waals surface area (Å²) >= 11 is 5.41. The summed E-state index contributed by atoms with van der Waals surface area (Å²) in [4.78, 5) is 2.17. The molecule has 118 valence electrons. The molecule has 5 nitrogen and oxygen atoms in total. The van der Waals surface area contributed by atoms with Gasteiger partial charge >= 0.3 is 0 Å². The third-order valence-corrected chi connectivity index (χ3v) is 4.56. The van der Waals surface area contributed by atoms with Gasteiger partial charge < -0.3 is 14.7 Å². The molecule has 1 N–H and O–H groups in total. The first kappa shape index (κ1) is 15.5. The zero-order valence-electron chi connectivity index (χ0n) is 13.0. The third-order valence-electron chi connectivity index (χ3n) is 4.12. The summed E-state index contributed by atoms with van der Waals surface area (Å²) in [5, 5.41) is 17.1. The molecule has 1 fully saturated rings. The van der Waals surface area contributed by atoms with E-state index in [-0.39, 0.29) is 6.04 Å². The highest BCUT2D eigenvalue weighted by molar-refractivity contribution is 7.80. The molecule has 2 aromatic rings. The van der Waals surface area contributed by atoms with E-state index < -0.39 is 0 Å². The molecule has 1 aromatic heterocycles. The van der Waals surface area contributed by atoms with Crippen LogP contribution in [0.15, 0.2) is 34.9 Å². The van der Waals surface area contributed by atoms with Crippen LogP contribution in [0.2, 0.25) is 0 Å². The Balaban J connectivity index is 1.88. The van der Waals surface area contributed by atoms with Gasteiger partial charge in [-0.25, -0.2) is 0 Å². The number of benzene rings is 1. The van der Waals surface area contributed by atoms with E-state index in [1.54, 1.807) is 12.1 Å².